The number of primary amides is 1. The Morgan fingerprint density at radius 3 is 2.31 bits per heavy atom. The third kappa shape index (κ3) is 5.56. The number of hydrogen-bond donors (Lipinski definition) is 5. The summed E-state index contributed by atoms with van der Waals surface area (Å²) in [6.45, 7) is 0. The van der Waals surface area contributed by atoms with Crippen LogP contribution < -0.4 is 16.8 Å². The highest BCUT2D eigenvalue weighted by molar-refractivity contribution is 7.80. The minimum Gasteiger partial charge on any atom is -0.481 e. The van der Waals surface area contributed by atoms with Crippen LogP contribution in [-0.2, 0) is 14.4 Å². The van der Waals surface area contributed by atoms with Gasteiger partial charge in [0.25, 0.3) is 0 Å². The van der Waals surface area contributed by atoms with E-state index >= 15 is 0 Å². The Bertz CT molecular complexity index is 284. The van der Waals surface area contributed by atoms with Gasteiger partial charge in [0.15, 0.2) is 0 Å². The number of carbonyl (C=O) groups excluding carboxylic acids is 2. The molecule has 0 aromatic rings. The maximum atomic E-state index is 11.4. The third-order valence-electron chi connectivity index (χ3n) is 1.85. The molecule has 2 atom stereocenters. The monoisotopic (exact) mass is 249 g/mol. The Morgan fingerprint density at radius 2 is 1.94 bits per heavy atom. The van der Waals surface area contributed by atoms with E-state index in [2.05, 4.69) is 17.9 Å². The van der Waals surface area contributed by atoms with E-state index in [1.807, 2.05) is 0 Å². The molecule has 0 heterocycles. The van der Waals surface area contributed by atoms with Crippen LogP contribution in [0.5, 0.6) is 0 Å². The van der Waals surface area contributed by atoms with Crippen LogP contribution in [0.3, 0.4) is 0 Å². The zero-order valence-corrected chi connectivity index (χ0v) is 9.44. The van der Waals surface area contributed by atoms with E-state index in [1.54, 1.807) is 0 Å². The molecule has 0 unspecified atom stereocenters. The molecule has 0 aromatic carbocycles. The number of rotatable bonds is 7. The van der Waals surface area contributed by atoms with Gasteiger partial charge >= 0.3 is 5.97 Å². The van der Waals surface area contributed by atoms with Crippen LogP contribution in [0.15, 0.2) is 0 Å². The fourth-order valence-electron chi connectivity index (χ4n) is 0.896. The largest absolute Gasteiger partial charge is 0.481 e. The highest BCUT2D eigenvalue weighted by Crippen LogP contribution is 1.96. The Morgan fingerprint density at radius 1 is 1.38 bits per heavy atom. The minimum atomic E-state index is -1.04. The highest BCUT2D eigenvalue weighted by atomic mass is 32.1. The lowest BCUT2D eigenvalue weighted by Crippen LogP contribution is -2.51. The van der Waals surface area contributed by atoms with Gasteiger partial charge in [-0.25, -0.2) is 0 Å². The number of thiol groups is 1. The fraction of sp³-hybridized carbons (Fsp3) is 0.625. The van der Waals surface area contributed by atoms with Crippen molar-refractivity contribution in [2.24, 2.45) is 11.5 Å². The average Bonchev–Trinajstić information content (AvgIpc) is 2.21. The third-order valence-corrected chi connectivity index (χ3v) is 2.21. The van der Waals surface area contributed by atoms with Crippen molar-refractivity contribution in [2.75, 3.05) is 5.75 Å². The molecular weight excluding hydrogens is 234 g/mol. The summed E-state index contributed by atoms with van der Waals surface area (Å²) in [5, 5.41) is 10.7. The number of aliphatic carboxylic acids is 1. The van der Waals surface area contributed by atoms with Gasteiger partial charge in [-0.05, 0) is 6.42 Å². The second kappa shape index (κ2) is 7.07. The van der Waals surface area contributed by atoms with Gasteiger partial charge in [-0.3, -0.25) is 14.4 Å². The van der Waals surface area contributed by atoms with E-state index in [4.69, 9.17) is 16.6 Å². The maximum absolute atomic E-state index is 11.4. The average molecular weight is 249 g/mol. The SMILES string of the molecule is NC(=O)[C@H](CS)NC(=O)[C@@H](N)CCC(=O)O. The van der Waals surface area contributed by atoms with E-state index < -0.39 is 29.9 Å². The second-order valence-electron chi connectivity index (χ2n) is 3.19. The Balaban J connectivity index is 4.13. The lowest BCUT2D eigenvalue weighted by atomic mass is 10.1. The molecule has 8 heteroatoms. The standard InChI is InChI=1S/C8H15N3O4S/c9-4(1-2-6(12)13)8(15)11-5(3-16)7(10)14/h4-5,16H,1-3,9H2,(H2,10,14)(H,11,15)(H,12,13)/t4-,5-/m0/s1. The number of nitrogens with two attached hydrogens (primary N) is 2. The summed E-state index contributed by atoms with van der Waals surface area (Å²) in [5.41, 5.74) is 10.4. The van der Waals surface area contributed by atoms with E-state index in [-0.39, 0.29) is 18.6 Å². The maximum Gasteiger partial charge on any atom is 0.303 e. The first-order valence-electron chi connectivity index (χ1n) is 4.56. The molecule has 0 saturated carbocycles. The predicted molar refractivity (Wildman–Crippen MR) is 59.8 cm³/mol. The topological polar surface area (TPSA) is 136 Å². The van der Waals surface area contributed by atoms with E-state index in [0.717, 1.165) is 0 Å². The number of hydrogen-bond acceptors (Lipinski definition) is 5. The lowest BCUT2D eigenvalue weighted by molar-refractivity contribution is -0.137. The number of carboxylic acids is 1. The molecule has 0 fully saturated rings. The molecule has 0 aliphatic heterocycles. The number of carboxylic acid groups (broad SMARTS) is 1. The first-order valence-corrected chi connectivity index (χ1v) is 5.19. The summed E-state index contributed by atoms with van der Waals surface area (Å²) in [5.74, 6) is -2.30. The minimum absolute atomic E-state index is 0.000774. The van der Waals surface area contributed by atoms with Gasteiger partial charge in [0.05, 0.1) is 6.04 Å². The van der Waals surface area contributed by atoms with Gasteiger partial charge in [0.1, 0.15) is 6.04 Å². The molecule has 0 rings (SSSR count). The molecule has 0 radical (unpaired) electrons. The summed E-state index contributed by atoms with van der Waals surface area (Å²) in [6, 6.07) is -1.87. The van der Waals surface area contributed by atoms with E-state index in [0.29, 0.717) is 0 Å². The van der Waals surface area contributed by atoms with Crippen molar-refractivity contribution >= 4 is 30.4 Å². The lowest BCUT2D eigenvalue weighted by Gasteiger charge is -2.16. The van der Waals surface area contributed by atoms with Crippen LogP contribution in [-0.4, -0.2) is 40.7 Å². The summed E-state index contributed by atoms with van der Waals surface area (Å²) < 4.78 is 0. The van der Waals surface area contributed by atoms with Gasteiger partial charge in [0, 0.05) is 12.2 Å². The first kappa shape index (κ1) is 14.7. The Labute approximate surface area is 98.0 Å². The van der Waals surface area contributed by atoms with E-state index in [1.165, 1.54) is 0 Å². The van der Waals surface area contributed by atoms with Crippen LogP contribution >= 0.6 is 12.6 Å². The van der Waals surface area contributed by atoms with Crippen LogP contribution in [0.25, 0.3) is 0 Å². The summed E-state index contributed by atoms with van der Waals surface area (Å²) in [7, 11) is 0. The van der Waals surface area contributed by atoms with Gasteiger partial charge < -0.3 is 21.9 Å². The molecule has 0 aliphatic carbocycles. The van der Waals surface area contributed by atoms with Crippen molar-refractivity contribution in [1.82, 2.24) is 5.32 Å². The smallest absolute Gasteiger partial charge is 0.303 e. The molecule has 7 nitrogen and oxygen atoms in total. The first-order chi connectivity index (χ1) is 7.38. The summed E-state index contributed by atoms with van der Waals surface area (Å²) >= 11 is 3.83. The number of carbonyl (C=O) groups is 3. The molecule has 0 bridgehead atoms. The normalized spacial score (nSPS) is 13.9. The van der Waals surface area contributed by atoms with Crippen molar-refractivity contribution in [1.29, 1.82) is 0 Å². The van der Waals surface area contributed by atoms with Crippen molar-refractivity contribution in [2.45, 2.75) is 24.9 Å². The summed E-state index contributed by atoms with van der Waals surface area (Å²) in [4.78, 5) is 32.4. The zero-order chi connectivity index (χ0) is 12.7. The van der Waals surface area contributed by atoms with Crippen molar-refractivity contribution in [3.8, 4) is 0 Å². The molecule has 2 amide bonds. The van der Waals surface area contributed by atoms with Crippen LogP contribution in [0.4, 0.5) is 0 Å². The Hall–Kier alpha value is -1.28. The Kier molecular flexibility index (Phi) is 6.50. The molecule has 0 aliphatic rings. The molecular formula is C8H15N3O4S. The molecule has 0 aromatic heterocycles. The van der Waals surface area contributed by atoms with Gasteiger partial charge in [0.2, 0.25) is 11.8 Å². The van der Waals surface area contributed by atoms with Crippen LogP contribution in [0.2, 0.25) is 0 Å². The van der Waals surface area contributed by atoms with Gasteiger partial charge in [-0.1, -0.05) is 0 Å². The van der Waals surface area contributed by atoms with Gasteiger partial charge in [-0.15, -0.1) is 0 Å². The predicted octanol–water partition coefficient (Wildman–Crippen LogP) is -1.92. The van der Waals surface area contributed by atoms with Crippen molar-refractivity contribution in [3.63, 3.8) is 0 Å². The molecule has 6 N–H and O–H groups in total. The van der Waals surface area contributed by atoms with Gasteiger partial charge in [-0.2, -0.15) is 12.6 Å². The zero-order valence-electron chi connectivity index (χ0n) is 8.55. The fourth-order valence-corrected chi connectivity index (χ4v) is 1.17. The summed E-state index contributed by atoms with van der Waals surface area (Å²) in [6.07, 6.45) is -0.212. The molecule has 0 saturated heterocycles. The van der Waals surface area contributed by atoms with Crippen LogP contribution in [0, 0.1) is 0 Å². The number of amides is 2. The highest BCUT2D eigenvalue weighted by Gasteiger charge is 2.20. The van der Waals surface area contributed by atoms with Crippen molar-refractivity contribution < 1.29 is 19.5 Å². The molecule has 16 heavy (non-hydrogen) atoms. The van der Waals surface area contributed by atoms with Crippen molar-refractivity contribution in [3.05, 3.63) is 0 Å². The second-order valence-corrected chi connectivity index (χ2v) is 3.55. The quantitative estimate of drug-likeness (QED) is 0.335. The molecule has 0 spiro atoms. The number of nitrogens with one attached hydrogen (secondary N) is 1. The molecule has 92 valence electrons. The van der Waals surface area contributed by atoms with E-state index in [9.17, 15) is 14.4 Å². The van der Waals surface area contributed by atoms with Crippen LogP contribution in [0.1, 0.15) is 12.8 Å².